The summed E-state index contributed by atoms with van der Waals surface area (Å²) < 4.78 is 36.6. The van der Waals surface area contributed by atoms with Gasteiger partial charge >= 0.3 is 0 Å². The fourth-order valence-electron chi connectivity index (χ4n) is 2.28. The average molecular weight is 607 g/mol. The Balaban J connectivity index is 0.000000257. The quantitative estimate of drug-likeness (QED) is 0.185. The lowest BCUT2D eigenvalue weighted by Crippen LogP contribution is -2.02. The number of nitrogens with two attached hydrogens (primary N) is 5. The molecule has 3 aromatic heterocycles. The van der Waals surface area contributed by atoms with E-state index in [2.05, 4.69) is 24.9 Å². The second kappa shape index (κ2) is 20.5. The minimum absolute atomic E-state index is 0.0311. The highest BCUT2D eigenvalue weighted by atomic mass is 35.5. The predicted octanol–water partition coefficient (Wildman–Crippen LogP) is 4.25. The van der Waals surface area contributed by atoms with Gasteiger partial charge in [-0.05, 0) is 48.9 Å². The largest absolute Gasteiger partial charge is 0.396 e. The molecule has 15 heteroatoms. The van der Waals surface area contributed by atoms with Crippen LogP contribution in [0.1, 0.15) is 10.4 Å². The first-order valence-electron chi connectivity index (χ1n) is 11.6. The Hall–Kier alpha value is -4.37. The van der Waals surface area contributed by atoms with Crippen molar-refractivity contribution < 1.29 is 13.2 Å². The smallest absolute Gasteiger partial charge is 0.148 e. The lowest BCUT2D eigenvalue weighted by molar-refractivity contribution is 0.586. The number of hydrogen-bond acceptors (Lipinski definition) is 11. The lowest BCUT2D eigenvalue weighted by atomic mass is 10.2. The molecule has 41 heavy (non-hydrogen) atoms. The molecule has 3 heterocycles. The highest BCUT2D eigenvalue weighted by Crippen LogP contribution is 2.15. The topological polar surface area (TPSA) is 195 Å². The summed E-state index contributed by atoms with van der Waals surface area (Å²) >= 11 is 7.01. The Morgan fingerprint density at radius 2 is 1.27 bits per heavy atom. The number of halogens is 4. The molecular weight excluding hydrogens is 577 g/mol. The van der Waals surface area contributed by atoms with Crippen LogP contribution in [0.5, 0.6) is 0 Å². The molecule has 0 spiro atoms. The van der Waals surface area contributed by atoms with E-state index >= 15 is 0 Å². The zero-order chi connectivity index (χ0) is 30.5. The minimum atomic E-state index is -0.713. The number of benzene rings is 2. The molecule has 0 aliphatic rings. The SMILES string of the molecule is NCCc1cncnc1.NCc1cncs1.Nc1ccc(Cl)cc1F.Nc1ccc(F)cc1F.Nc1cncnc1. The summed E-state index contributed by atoms with van der Waals surface area (Å²) in [6.45, 7) is 1.28. The van der Waals surface area contributed by atoms with Gasteiger partial charge in [-0.15, -0.1) is 11.3 Å². The van der Waals surface area contributed by atoms with Gasteiger partial charge in [0.05, 0.1) is 35.0 Å². The Bertz CT molecular complexity index is 1320. The molecule has 10 N–H and O–H groups in total. The van der Waals surface area contributed by atoms with Crippen molar-refractivity contribution in [3.05, 3.63) is 118 Å². The summed E-state index contributed by atoms with van der Waals surface area (Å²) in [4.78, 5) is 19.9. The van der Waals surface area contributed by atoms with Gasteiger partial charge in [0.1, 0.15) is 30.1 Å². The molecule has 218 valence electrons. The van der Waals surface area contributed by atoms with Crippen molar-refractivity contribution in [1.29, 1.82) is 0 Å². The zero-order valence-corrected chi connectivity index (χ0v) is 23.3. The highest BCUT2D eigenvalue weighted by Gasteiger charge is 1.97. The van der Waals surface area contributed by atoms with E-state index in [4.69, 9.17) is 40.3 Å². The molecular formula is C26H30ClF3N10S. The Morgan fingerprint density at radius 3 is 1.63 bits per heavy atom. The van der Waals surface area contributed by atoms with E-state index in [-0.39, 0.29) is 11.4 Å². The normalized spacial score (nSPS) is 9.32. The van der Waals surface area contributed by atoms with E-state index in [0.29, 0.717) is 23.8 Å². The van der Waals surface area contributed by atoms with Gasteiger partial charge in [-0.25, -0.2) is 33.1 Å². The predicted molar refractivity (Wildman–Crippen MR) is 158 cm³/mol. The number of thiazole rings is 1. The Morgan fingerprint density at radius 1 is 0.707 bits per heavy atom. The number of aromatic nitrogens is 5. The summed E-state index contributed by atoms with van der Waals surface area (Å²) in [5.74, 6) is -1.79. The van der Waals surface area contributed by atoms with Gasteiger partial charge in [0.15, 0.2) is 0 Å². The van der Waals surface area contributed by atoms with E-state index in [9.17, 15) is 13.2 Å². The summed E-state index contributed by atoms with van der Waals surface area (Å²) in [7, 11) is 0. The average Bonchev–Trinajstić information content (AvgIpc) is 3.50. The molecule has 0 aliphatic heterocycles. The fraction of sp³-hybridized carbons (Fsp3) is 0.115. The standard InChI is InChI=1S/C6H5ClFN.C6H5F2N.C6H9N3.C4H5N3.C4H6N2S/c2*7-4-1-2-6(9)5(8)3-4;7-2-1-6-3-8-5-9-4-6;5-4-1-6-3-7-2-4;5-1-4-2-6-3-7-4/h2*1-3H,9H2;3-5H,1-2,7H2;1-3H,5H2;2-3H,1,5H2. The molecule has 10 nitrogen and oxygen atoms in total. The summed E-state index contributed by atoms with van der Waals surface area (Å²) in [5.41, 5.74) is 29.6. The van der Waals surface area contributed by atoms with Crippen molar-refractivity contribution in [2.24, 2.45) is 11.5 Å². The van der Waals surface area contributed by atoms with E-state index in [1.54, 1.807) is 53.9 Å². The molecule has 0 saturated heterocycles. The van der Waals surface area contributed by atoms with Crippen molar-refractivity contribution in [1.82, 2.24) is 24.9 Å². The third-order valence-electron chi connectivity index (χ3n) is 4.24. The number of nitrogens with zero attached hydrogens (tertiary/aromatic N) is 5. The molecule has 5 aromatic rings. The maximum atomic E-state index is 12.4. The number of hydrogen-bond donors (Lipinski definition) is 5. The van der Waals surface area contributed by atoms with Gasteiger partial charge in [0.2, 0.25) is 0 Å². The Kier molecular flexibility index (Phi) is 17.3. The summed E-state index contributed by atoms with van der Waals surface area (Å²) in [5, 5.41) is 0.363. The van der Waals surface area contributed by atoms with Gasteiger partial charge in [0.25, 0.3) is 0 Å². The molecule has 0 unspecified atom stereocenters. The first-order valence-corrected chi connectivity index (χ1v) is 12.8. The number of nitrogen functional groups attached to an aromatic ring is 3. The van der Waals surface area contributed by atoms with Crippen LogP contribution >= 0.6 is 22.9 Å². The molecule has 0 bridgehead atoms. The van der Waals surface area contributed by atoms with Crippen molar-refractivity contribution in [3.8, 4) is 0 Å². The molecule has 0 amide bonds. The first kappa shape index (κ1) is 34.7. The van der Waals surface area contributed by atoms with E-state index in [1.165, 1.54) is 30.9 Å². The number of anilines is 3. The van der Waals surface area contributed by atoms with Gasteiger partial charge in [-0.3, -0.25) is 4.98 Å². The minimum Gasteiger partial charge on any atom is -0.396 e. The van der Waals surface area contributed by atoms with E-state index in [0.717, 1.165) is 29.0 Å². The van der Waals surface area contributed by atoms with Crippen LogP contribution in [0.4, 0.5) is 30.2 Å². The number of rotatable bonds is 3. The van der Waals surface area contributed by atoms with Crippen LogP contribution in [0.2, 0.25) is 5.02 Å². The van der Waals surface area contributed by atoms with Gasteiger partial charge in [-0.2, -0.15) is 0 Å². The third kappa shape index (κ3) is 16.4. The molecule has 5 rings (SSSR count). The van der Waals surface area contributed by atoms with Crippen LogP contribution in [0.25, 0.3) is 0 Å². The van der Waals surface area contributed by atoms with Crippen LogP contribution in [-0.2, 0) is 13.0 Å². The summed E-state index contributed by atoms with van der Waals surface area (Å²) in [6.07, 6.45) is 12.3. The maximum absolute atomic E-state index is 12.4. The zero-order valence-electron chi connectivity index (χ0n) is 21.7. The lowest BCUT2D eigenvalue weighted by Gasteiger charge is -1.93. The molecule has 0 saturated carbocycles. The second-order valence-electron chi connectivity index (χ2n) is 7.46. The van der Waals surface area contributed by atoms with Crippen LogP contribution in [0, 0.1) is 17.5 Å². The maximum Gasteiger partial charge on any atom is 0.148 e. The molecule has 0 aliphatic carbocycles. The molecule has 0 atom stereocenters. The second-order valence-corrected chi connectivity index (χ2v) is 8.87. The first-order chi connectivity index (χ1) is 19.7. The van der Waals surface area contributed by atoms with Gasteiger partial charge < -0.3 is 28.7 Å². The molecule has 0 fully saturated rings. The van der Waals surface area contributed by atoms with E-state index < -0.39 is 17.5 Å². The van der Waals surface area contributed by atoms with Crippen molar-refractivity contribution in [2.45, 2.75) is 13.0 Å². The monoisotopic (exact) mass is 606 g/mol. The molecule has 2 aromatic carbocycles. The van der Waals surface area contributed by atoms with Gasteiger partial charge in [-0.1, -0.05) is 11.6 Å². The Labute approximate surface area is 244 Å². The van der Waals surface area contributed by atoms with Crippen molar-refractivity contribution >= 4 is 40.0 Å². The van der Waals surface area contributed by atoms with Crippen LogP contribution in [0.15, 0.2) is 85.5 Å². The van der Waals surface area contributed by atoms with Crippen LogP contribution in [0.3, 0.4) is 0 Å². The van der Waals surface area contributed by atoms with Crippen LogP contribution < -0.4 is 28.7 Å². The highest BCUT2D eigenvalue weighted by molar-refractivity contribution is 7.09. The van der Waals surface area contributed by atoms with Gasteiger partial charge in [0, 0.05) is 41.1 Å². The molecule has 0 radical (unpaired) electrons. The van der Waals surface area contributed by atoms with E-state index in [1.807, 2.05) is 0 Å². The fourth-order valence-corrected chi connectivity index (χ4v) is 2.92. The van der Waals surface area contributed by atoms with Crippen molar-refractivity contribution in [2.75, 3.05) is 23.7 Å². The third-order valence-corrected chi connectivity index (χ3v) is 5.27. The van der Waals surface area contributed by atoms with Crippen molar-refractivity contribution in [3.63, 3.8) is 0 Å². The van der Waals surface area contributed by atoms with Crippen LogP contribution in [-0.4, -0.2) is 31.5 Å². The summed E-state index contributed by atoms with van der Waals surface area (Å²) in [6, 6.07) is 7.19.